The van der Waals surface area contributed by atoms with Gasteiger partial charge in [-0.1, -0.05) is 36.4 Å². The lowest BCUT2D eigenvalue weighted by atomic mass is 9.81. The van der Waals surface area contributed by atoms with Gasteiger partial charge in [0, 0.05) is 29.6 Å². The van der Waals surface area contributed by atoms with Gasteiger partial charge in [0.25, 0.3) is 5.91 Å². The Morgan fingerprint density at radius 3 is 2.52 bits per heavy atom. The third kappa shape index (κ3) is 5.51. The highest BCUT2D eigenvalue weighted by Gasteiger charge is 2.37. The topological polar surface area (TPSA) is 75.7 Å². The standard InChI is InChI=1S/C27H32N2O4/c1-6-33-27(32)25-19(5)29(24(30)15-23(25)22-13-8-7-10-18(22)4)16-20-11-9-12-21(14-20)26(31)28-17(2)3/h7-14,17,23H,6,15-16H2,1-5H3,(H,28,31). The molecule has 1 aliphatic rings. The molecule has 0 fully saturated rings. The van der Waals surface area contributed by atoms with Crippen LogP contribution in [0.3, 0.4) is 0 Å². The molecule has 1 N–H and O–H groups in total. The predicted molar refractivity (Wildman–Crippen MR) is 127 cm³/mol. The second kappa shape index (κ2) is 10.5. The zero-order valence-corrected chi connectivity index (χ0v) is 20.0. The summed E-state index contributed by atoms with van der Waals surface area (Å²) in [5.41, 5.74) is 4.45. The number of benzene rings is 2. The number of nitrogens with one attached hydrogen (secondary N) is 1. The largest absolute Gasteiger partial charge is 0.463 e. The van der Waals surface area contributed by atoms with Crippen LogP contribution >= 0.6 is 0 Å². The van der Waals surface area contributed by atoms with Gasteiger partial charge < -0.3 is 15.0 Å². The van der Waals surface area contributed by atoms with Gasteiger partial charge in [-0.3, -0.25) is 9.59 Å². The van der Waals surface area contributed by atoms with Crippen molar-refractivity contribution in [1.29, 1.82) is 0 Å². The molecule has 6 nitrogen and oxygen atoms in total. The predicted octanol–water partition coefficient (Wildman–Crippen LogP) is 4.49. The van der Waals surface area contributed by atoms with Crippen LogP contribution in [0.4, 0.5) is 0 Å². The molecule has 6 heteroatoms. The zero-order valence-electron chi connectivity index (χ0n) is 20.0. The van der Waals surface area contributed by atoms with E-state index in [2.05, 4.69) is 5.32 Å². The molecule has 0 spiro atoms. The van der Waals surface area contributed by atoms with E-state index >= 15 is 0 Å². The van der Waals surface area contributed by atoms with Gasteiger partial charge in [0.15, 0.2) is 0 Å². The lowest BCUT2D eigenvalue weighted by Gasteiger charge is -2.35. The molecule has 1 atom stereocenters. The zero-order chi connectivity index (χ0) is 24.1. The maximum Gasteiger partial charge on any atom is 0.336 e. The Bertz CT molecular complexity index is 1090. The van der Waals surface area contributed by atoms with Crippen LogP contribution in [0.25, 0.3) is 0 Å². The molecular weight excluding hydrogens is 416 g/mol. The molecule has 3 rings (SSSR count). The third-order valence-corrected chi connectivity index (χ3v) is 5.83. The van der Waals surface area contributed by atoms with Gasteiger partial charge >= 0.3 is 5.97 Å². The fourth-order valence-electron chi connectivity index (χ4n) is 4.26. The van der Waals surface area contributed by atoms with E-state index in [1.165, 1.54) is 0 Å². The highest BCUT2D eigenvalue weighted by Crippen LogP contribution is 2.38. The van der Waals surface area contributed by atoms with Gasteiger partial charge in [0.2, 0.25) is 5.91 Å². The van der Waals surface area contributed by atoms with Crippen molar-refractivity contribution in [2.45, 2.75) is 59.5 Å². The van der Waals surface area contributed by atoms with E-state index in [4.69, 9.17) is 4.74 Å². The highest BCUT2D eigenvalue weighted by molar-refractivity contribution is 5.96. The highest BCUT2D eigenvalue weighted by atomic mass is 16.5. The molecule has 2 aromatic rings. The summed E-state index contributed by atoms with van der Waals surface area (Å²) >= 11 is 0. The number of aryl methyl sites for hydroxylation is 1. The van der Waals surface area contributed by atoms with E-state index in [1.54, 1.807) is 36.9 Å². The van der Waals surface area contributed by atoms with E-state index in [-0.39, 0.29) is 43.3 Å². The summed E-state index contributed by atoms with van der Waals surface area (Å²) in [6.45, 7) is 9.90. The van der Waals surface area contributed by atoms with Crippen molar-refractivity contribution in [3.8, 4) is 0 Å². The van der Waals surface area contributed by atoms with E-state index in [9.17, 15) is 14.4 Å². The number of hydrogen-bond donors (Lipinski definition) is 1. The van der Waals surface area contributed by atoms with Crippen LogP contribution in [-0.4, -0.2) is 35.3 Å². The summed E-state index contributed by atoms with van der Waals surface area (Å²) in [5, 5.41) is 2.88. The molecule has 0 saturated carbocycles. The molecular formula is C27H32N2O4. The van der Waals surface area contributed by atoms with Crippen LogP contribution in [-0.2, 0) is 20.9 Å². The molecule has 0 aromatic heterocycles. The van der Waals surface area contributed by atoms with Gasteiger partial charge in [-0.2, -0.15) is 0 Å². The number of carbonyl (C=O) groups is 3. The quantitative estimate of drug-likeness (QED) is 0.634. The van der Waals surface area contributed by atoms with Crippen molar-refractivity contribution in [1.82, 2.24) is 10.2 Å². The van der Waals surface area contributed by atoms with Crippen LogP contribution in [0.15, 0.2) is 59.8 Å². The number of carbonyl (C=O) groups excluding carboxylic acids is 3. The second-order valence-electron chi connectivity index (χ2n) is 8.64. The van der Waals surface area contributed by atoms with Crippen LogP contribution in [0.2, 0.25) is 0 Å². The Kier molecular flexibility index (Phi) is 7.69. The molecule has 1 unspecified atom stereocenters. The minimum atomic E-state index is -0.397. The van der Waals surface area contributed by atoms with Crippen LogP contribution in [0, 0.1) is 6.92 Å². The van der Waals surface area contributed by atoms with E-state index in [0.717, 1.165) is 16.7 Å². The van der Waals surface area contributed by atoms with E-state index < -0.39 is 5.97 Å². The summed E-state index contributed by atoms with van der Waals surface area (Å²) in [4.78, 5) is 40.3. The lowest BCUT2D eigenvalue weighted by Crippen LogP contribution is -2.38. The van der Waals surface area contributed by atoms with Crippen molar-refractivity contribution in [3.05, 3.63) is 82.1 Å². The number of amides is 2. The van der Waals surface area contributed by atoms with E-state index in [1.807, 2.05) is 51.1 Å². The number of hydrogen-bond acceptors (Lipinski definition) is 4. The Labute approximate surface area is 195 Å². The molecule has 0 aliphatic carbocycles. The average molecular weight is 449 g/mol. The second-order valence-corrected chi connectivity index (χ2v) is 8.64. The first-order valence-electron chi connectivity index (χ1n) is 11.4. The molecule has 2 aromatic carbocycles. The number of rotatable bonds is 7. The van der Waals surface area contributed by atoms with Crippen molar-refractivity contribution < 1.29 is 19.1 Å². The van der Waals surface area contributed by atoms with Crippen molar-refractivity contribution in [2.24, 2.45) is 0 Å². The van der Waals surface area contributed by atoms with Crippen LogP contribution < -0.4 is 5.32 Å². The van der Waals surface area contributed by atoms with Crippen molar-refractivity contribution in [3.63, 3.8) is 0 Å². The molecule has 0 radical (unpaired) electrons. The Morgan fingerprint density at radius 2 is 1.85 bits per heavy atom. The van der Waals surface area contributed by atoms with Gasteiger partial charge in [0.05, 0.1) is 18.7 Å². The maximum absolute atomic E-state index is 13.3. The molecule has 33 heavy (non-hydrogen) atoms. The van der Waals surface area contributed by atoms with Crippen molar-refractivity contribution in [2.75, 3.05) is 6.61 Å². The monoisotopic (exact) mass is 448 g/mol. The number of nitrogens with zero attached hydrogens (tertiary/aromatic N) is 1. The molecule has 2 amide bonds. The minimum Gasteiger partial charge on any atom is -0.463 e. The summed E-state index contributed by atoms with van der Waals surface area (Å²) in [5.74, 6) is -0.968. The minimum absolute atomic E-state index is 0.0283. The molecule has 1 heterocycles. The molecule has 174 valence electrons. The summed E-state index contributed by atoms with van der Waals surface area (Å²) in [7, 11) is 0. The Morgan fingerprint density at radius 1 is 1.12 bits per heavy atom. The first-order chi connectivity index (χ1) is 15.7. The number of ether oxygens (including phenoxy) is 1. The molecule has 1 aliphatic heterocycles. The molecule has 0 saturated heterocycles. The van der Waals surface area contributed by atoms with Gasteiger partial charge in [-0.05, 0) is 63.4 Å². The maximum atomic E-state index is 13.3. The summed E-state index contributed by atoms with van der Waals surface area (Å²) < 4.78 is 5.38. The smallest absolute Gasteiger partial charge is 0.336 e. The van der Waals surface area contributed by atoms with Crippen LogP contribution in [0.1, 0.15) is 67.1 Å². The first-order valence-corrected chi connectivity index (χ1v) is 11.4. The number of allylic oxidation sites excluding steroid dienone is 1. The van der Waals surface area contributed by atoms with Gasteiger partial charge in [-0.25, -0.2) is 4.79 Å². The lowest BCUT2D eigenvalue weighted by molar-refractivity contribution is -0.140. The fraction of sp³-hybridized carbons (Fsp3) is 0.370. The Hall–Kier alpha value is -3.41. The molecule has 0 bridgehead atoms. The van der Waals surface area contributed by atoms with Crippen LogP contribution in [0.5, 0.6) is 0 Å². The summed E-state index contributed by atoms with van der Waals surface area (Å²) in [6.07, 6.45) is 0.184. The SMILES string of the molecule is CCOC(=O)C1=C(C)N(Cc2cccc(C(=O)NC(C)C)c2)C(=O)CC1c1ccccc1C. The number of esters is 1. The fourth-order valence-corrected chi connectivity index (χ4v) is 4.26. The van der Waals surface area contributed by atoms with E-state index in [0.29, 0.717) is 16.8 Å². The van der Waals surface area contributed by atoms with Gasteiger partial charge in [0.1, 0.15) is 0 Å². The normalized spacial score (nSPS) is 16.2. The first kappa shape index (κ1) is 24.2. The summed E-state index contributed by atoms with van der Waals surface area (Å²) in [6, 6.07) is 15.1. The third-order valence-electron chi connectivity index (χ3n) is 5.83. The van der Waals surface area contributed by atoms with Crippen molar-refractivity contribution >= 4 is 17.8 Å². The average Bonchev–Trinajstić information content (AvgIpc) is 2.76. The Balaban J connectivity index is 1.98. The van der Waals surface area contributed by atoms with Gasteiger partial charge in [-0.15, -0.1) is 0 Å².